The molecule has 0 aliphatic carbocycles. The first-order valence-electron chi connectivity index (χ1n) is 15.5. The van der Waals surface area contributed by atoms with Crippen molar-refractivity contribution in [2.24, 2.45) is 0 Å². The summed E-state index contributed by atoms with van der Waals surface area (Å²) in [6.07, 6.45) is -1.88. The van der Waals surface area contributed by atoms with Crippen LogP contribution in [0.2, 0.25) is 5.04 Å². The third-order valence-electron chi connectivity index (χ3n) is 8.56. The van der Waals surface area contributed by atoms with Gasteiger partial charge in [-0.25, -0.2) is 9.36 Å². The van der Waals surface area contributed by atoms with E-state index in [2.05, 4.69) is 15.1 Å². The molecule has 4 aromatic rings. The van der Waals surface area contributed by atoms with E-state index in [0.717, 1.165) is 16.6 Å². The second-order valence-electron chi connectivity index (χ2n) is 12.7. The number of hydrogen-bond acceptors (Lipinski definition) is 9. The number of pyridine rings is 1. The van der Waals surface area contributed by atoms with Gasteiger partial charge in [0.15, 0.2) is 6.10 Å². The van der Waals surface area contributed by atoms with E-state index in [1.54, 1.807) is 24.5 Å². The minimum atomic E-state index is -3.97. The molecule has 15 heteroatoms. The third kappa shape index (κ3) is 6.53. The van der Waals surface area contributed by atoms with Gasteiger partial charge in [-0.1, -0.05) is 87.5 Å². The second kappa shape index (κ2) is 13.4. The van der Waals surface area contributed by atoms with E-state index in [4.69, 9.17) is 18.2 Å². The number of aliphatic hydroxyl groups excluding tert-OH is 1. The molecule has 2 fully saturated rings. The summed E-state index contributed by atoms with van der Waals surface area (Å²) in [5, 5.41) is 14.8. The van der Waals surface area contributed by atoms with Crippen molar-refractivity contribution in [2.75, 3.05) is 18.3 Å². The number of aromatic nitrogens is 3. The van der Waals surface area contributed by atoms with E-state index in [1.165, 1.54) is 6.07 Å². The molecule has 5 atom stereocenters. The summed E-state index contributed by atoms with van der Waals surface area (Å²) >= 11 is 0. The fourth-order valence-corrected chi connectivity index (χ4v) is 12.3. The van der Waals surface area contributed by atoms with Gasteiger partial charge in [-0.15, -0.1) is 0 Å². The van der Waals surface area contributed by atoms with E-state index in [0.29, 0.717) is 16.6 Å². The molecule has 48 heavy (non-hydrogen) atoms. The van der Waals surface area contributed by atoms with Gasteiger partial charge in [0.05, 0.1) is 19.3 Å². The van der Waals surface area contributed by atoms with Crippen LogP contribution in [0.5, 0.6) is 0 Å². The smallest absolute Gasteiger partial charge is 0.405 e. The lowest BCUT2D eigenvalue weighted by atomic mass is 10.1. The highest BCUT2D eigenvalue weighted by Crippen LogP contribution is 2.55. The molecule has 2 N–H and O–H groups in total. The van der Waals surface area contributed by atoms with Crippen LogP contribution in [-0.2, 0) is 22.8 Å². The van der Waals surface area contributed by atoms with Crippen LogP contribution in [0.15, 0.2) is 102 Å². The normalized spacial score (nSPS) is 25.9. The highest BCUT2D eigenvalue weighted by molar-refractivity contribution is 7.55. The number of rotatable bonds is 9. The van der Waals surface area contributed by atoms with E-state index in [-0.39, 0.29) is 19.0 Å². The van der Waals surface area contributed by atoms with Gasteiger partial charge in [0.2, 0.25) is 6.23 Å². The Labute approximate surface area is 277 Å². The average Bonchev–Trinajstić information content (AvgIpc) is 3.29. The predicted octanol–water partition coefficient (Wildman–Crippen LogP) is 4.81. The van der Waals surface area contributed by atoms with Crippen LogP contribution in [0.4, 0.5) is 14.6 Å². The Kier molecular flexibility index (Phi) is 9.53. The number of halogens is 2. The van der Waals surface area contributed by atoms with Crippen molar-refractivity contribution in [3.05, 3.63) is 114 Å². The third-order valence-corrected chi connectivity index (χ3v) is 15.1. The molecule has 0 amide bonds. The molecule has 2 aliphatic heterocycles. The number of nitrogens with zero attached hydrogens (tertiary/aromatic N) is 3. The molecule has 2 aliphatic rings. The Morgan fingerprint density at radius 3 is 2.31 bits per heavy atom. The summed E-state index contributed by atoms with van der Waals surface area (Å²) in [5.74, 6) is -4.08. The number of alkyl halides is 2. The maximum absolute atomic E-state index is 15.6. The van der Waals surface area contributed by atoms with Crippen LogP contribution in [0, 0.1) is 0 Å². The molecule has 0 saturated carbocycles. The van der Waals surface area contributed by atoms with Gasteiger partial charge in [-0.3, -0.25) is 23.7 Å². The first kappa shape index (κ1) is 34.2. The lowest BCUT2D eigenvalue weighted by Gasteiger charge is -2.43. The van der Waals surface area contributed by atoms with Gasteiger partial charge in [-0.05, 0) is 33.1 Å². The molecule has 0 radical (unpaired) electrons. The van der Waals surface area contributed by atoms with Crippen LogP contribution in [-0.4, -0.2) is 59.3 Å². The lowest BCUT2D eigenvalue weighted by Crippen LogP contribution is -2.67. The molecule has 254 valence electrons. The van der Waals surface area contributed by atoms with Crippen molar-refractivity contribution in [1.82, 2.24) is 14.5 Å². The zero-order chi connectivity index (χ0) is 34.2. The van der Waals surface area contributed by atoms with Gasteiger partial charge in [0.1, 0.15) is 11.9 Å². The number of hydrogen-bond donors (Lipinski definition) is 2. The topological polar surface area (TPSA) is 134 Å². The first-order valence-corrected chi connectivity index (χ1v) is 19.0. The quantitative estimate of drug-likeness (QED) is 0.185. The summed E-state index contributed by atoms with van der Waals surface area (Å²) in [6.45, 7) is 5.86. The largest absolute Gasteiger partial charge is 0.434 e. The fraction of sp³-hybridized carbons (Fsp3) is 0.364. The van der Waals surface area contributed by atoms with E-state index in [9.17, 15) is 14.5 Å². The second-order valence-corrected chi connectivity index (χ2v) is 18.7. The molecule has 2 aromatic carbocycles. The van der Waals surface area contributed by atoms with Gasteiger partial charge in [0, 0.05) is 25.0 Å². The Morgan fingerprint density at radius 1 is 1.06 bits per heavy atom. The number of anilines is 1. The zero-order valence-electron chi connectivity index (χ0n) is 26.6. The molecular formula is C33H37F2N4O7PSi. The number of aliphatic hydroxyl groups is 1. The van der Waals surface area contributed by atoms with Gasteiger partial charge >= 0.3 is 19.4 Å². The van der Waals surface area contributed by atoms with E-state index < -0.39 is 57.3 Å². The van der Waals surface area contributed by atoms with Crippen molar-refractivity contribution < 1.29 is 36.7 Å². The monoisotopic (exact) mass is 698 g/mol. The average molecular weight is 699 g/mol. The van der Waals surface area contributed by atoms with E-state index >= 15 is 8.78 Å². The molecule has 0 spiro atoms. The zero-order valence-corrected chi connectivity index (χ0v) is 28.5. The van der Waals surface area contributed by atoms with Crippen LogP contribution in [0.1, 0.15) is 45.1 Å². The van der Waals surface area contributed by atoms with Crippen LogP contribution >= 0.6 is 7.75 Å². The Morgan fingerprint density at radius 2 is 1.73 bits per heavy atom. The summed E-state index contributed by atoms with van der Waals surface area (Å²) < 4.78 is 68.7. The highest BCUT2D eigenvalue weighted by atomic mass is 31.2. The molecule has 2 saturated heterocycles. The predicted molar refractivity (Wildman–Crippen MR) is 177 cm³/mol. The van der Waals surface area contributed by atoms with Crippen molar-refractivity contribution in [3.8, 4) is 0 Å². The van der Waals surface area contributed by atoms with Crippen molar-refractivity contribution in [2.45, 2.75) is 62.7 Å². The maximum atomic E-state index is 15.6. The summed E-state index contributed by atoms with van der Waals surface area (Å²) in [5.41, 5.74) is -0.434. The van der Waals surface area contributed by atoms with Crippen molar-refractivity contribution in [3.63, 3.8) is 0 Å². The maximum Gasteiger partial charge on any atom is 0.434 e. The standard InChI is InChI=1S/C33H37F2N4O7PSi/c1-32(2,3)48(24-12-6-4-7-13-24,25-14-8-5-9-15-25)44-22-27-29(40)33(34,35)30(45-27)39-19-16-28(37-31(39)41)38-47(42)43-20-17-26(46-47)23-11-10-18-36-21-23/h4-16,18-19,21,26-27,29-30,40H,17,20,22H2,1-3H3,(H,37,38,41,42)/t26?,27-,29+,30+,47?/m0/s1. The summed E-state index contributed by atoms with van der Waals surface area (Å²) in [7, 11) is -7.12. The SMILES string of the molecule is CC(C)(C)[Si](OC[C@@H]1O[C@@H](n2ccc(NP3(=O)OCCC(c4cccnc4)O3)nc2=O)C(F)(F)[C@@H]1O)(c1ccccc1)c1ccccc1. The number of benzene rings is 2. The highest BCUT2D eigenvalue weighted by Gasteiger charge is 2.61. The summed E-state index contributed by atoms with van der Waals surface area (Å²) in [6, 6.07) is 23.9. The molecule has 6 rings (SSSR count). The Balaban J connectivity index is 1.22. The van der Waals surface area contributed by atoms with Crippen LogP contribution < -0.4 is 21.2 Å². The molecule has 4 heterocycles. The Bertz CT molecular complexity index is 1780. The van der Waals surface area contributed by atoms with Gasteiger partial charge in [0.25, 0.3) is 8.32 Å². The fourth-order valence-electron chi connectivity index (χ4n) is 6.25. The Hall–Kier alpha value is -3.62. The van der Waals surface area contributed by atoms with Gasteiger partial charge in [-0.2, -0.15) is 13.8 Å². The van der Waals surface area contributed by atoms with Crippen LogP contribution in [0.25, 0.3) is 0 Å². The van der Waals surface area contributed by atoms with Crippen LogP contribution in [0.3, 0.4) is 0 Å². The molecule has 2 unspecified atom stereocenters. The molecule has 2 aromatic heterocycles. The number of nitrogens with one attached hydrogen (secondary N) is 1. The lowest BCUT2D eigenvalue weighted by molar-refractivity contribution is -0.140. The van der Waals surface area contributed by atoms with E-state index in [1.807, 2.05) is 81.4 Å². The van der Waals surface area contributed by atoms with Gasteiger partial charge < -0.3 is 14.3 Å². The molecule has 11 nitrogen and oxygen atoms in total. The molecule has 0 bridgehead atoms. The first-order chi connectivity index (χ1) is 22.8. The minimum Gasteiger partial charge on any atom is -0.405 e. The summed E-state index contributed by atoms with van der Waals surface area (Å²) in [4.78, 5) is 20.9. The minimum absolute atomic E-state index is 0.0955. The number of ether oxygens (including phenoxy) is 1. The molecular weight excluding hydrogens is 661 g/mol. The van der Waals surface area contributed by atoms with Crippen molar-refractivity contribution in [1.29, 1.82) is 0 Å². The van der Waals surface area contributed by atoms with Crippen molar-refractivity contribution >= 4 is 32.3 Å².